The molecule has 102 valence electrons. The third-order valence-corrected chi connectivity index (χ3v) is 7.14. The lowest BCUT2D eigenvalue weighted by atomic mass is 10.0. The van der Waals surface area contributed by atoms with Gasteiger partial charge in [0, 0.05) is 11.3 Å². The zero-order chi connectivity index (χ0) is 12.6. The molecule has 2 aliphatic heterocycles. The minimum atomic E-state index is -2.77. The average molecular weight is 288 g/mol. The van der Waals surface area contributed by atoms with Crippen LogP contribution in [-0.4, -0.2) is 42.4 Å². The van der Waals surface area contributed by atoms with Crippen LogP contribution >= 0.6 is 11.8 Å². The van der Waals surface area contributed by atoms with Crippen LogP contribution in [-0.2, 0) is 9.84 Å². The zero-order valence-electron chi connectivity index (χ0n) is 10.5. The van der Waals surface area contributed by atoms with E-state index in [2.05, 4.69) is 5.32 Å². The highest BCUT2D eigenvalue weighted by Crippen LogP contribution is 2.37. The summed E-state index contributed by atoms with van der Waals surface area (Å²) in [4.78, 5) is 4.72. The fourth-order valence-electron chi connectivity index (χ4n) is 3.07. The number of amidine groups is 1. The molecule has 0 radical (unpaired) electrons. The summed E-state index contributed by atoms with van der Waals surface area (Å²) in [5, 5.41) is 4.65. The number of hydrogen-bond acceptors (Lipinski definition) is 4. The SMILES string of the molecule is O=S1(=O)CCC(N=C2NC3(CCCC3)CS2)CC1. The van der Waals surface area contributed by atoms with E-state index in [1.807, 2.05) is 11.8 Å². The van der Waals surface area contributed by atoms with Gasteiger partial charge in [-0.05, 0) is 25.7 Å². The number of thioether (sulfide) groups is 1. The lowest BCUT2D eigenvalue weighted by molar-refractivity contribution is 0.451. The molecule has 3 rings (SSSR count). The quantitative estimate of drug-likeness (QED) is 0.795. The number of rotatable bonds is 1. The van der Waals surface area contributed by atoms with Crippen LogP contribution in [0.5, 0.6) is 0 Å². The van der Waals surface area contributed by atoms with E-state index in [1.165, 1.54) is 25.7 Å². The predicted octanol–water partition coefficient (Wildman–Crippen LogP) is 1.57. The third kappa shape index (κ3) is 2.69. The number of nitrogens with zero attached hydrogens (tertiary/aromatic N) is 1. The first-order valence-corrected chi connectivity index (χ1v) is 9.57. The monoisotopic (exact) mass is 288 g/mol. The van der Waals surface area contributed by atoms with Crippen molar-refractivity contribution >= 4 is 26.8 Å². The van der Waals surface area contributed by atoms with E-state index in [0.29, 0.717) is 29.9 Å². The second-order valence-electron chi connectivity index (χ2n) is 5.72. The molecule has 1 saturated carbocycles. The maximum absolute atomic E-state index is 11.4. The summed E-state index contributed by atoms with van der Waals surface area (Å²) >= 11 is 1.82. The third-order valence-electron chi connectivity index (χ3n) is 4.24. The first-order valence-electron chi connectivity index (χ1n) is 6.76. The van der Waals surface area contributed by atoms with Gasteiger partial charge in [0.25, 0.3) is 0 Å². The summed E-state index contributed by atoms with van der Waals surface area (Å²) < 4.78 is 22.7. The van der Waals surface area contributed by atoms with Crippen LogP contribution in [0.15, 0.2) is 4.99 Å². The minimum absolute atomic E-state index is 0.208. The van der Waals surface area contributed by atoms with Crippen molar-refractivity contribution in [3.63, 3.8) is 0 Å². The Kier molecular flexibility index (Phi) is 3.34. The molecule has 0 amide bonds. The van der Waals surface area contributed by atoms with Crippen LogP contribution < -0.4 is 5.32 Å². The molecule has 0 bridgehead atoms. The van der Waals surface area contributed by atoms with Crippen molar-refractivity contribution in [1.29, 1.82) is 0 Å². The summed E-state index contributed by atoms with van der Waals surface area (Å²) in [6, 6.07) is 0.208. The fourth-order valence-corrected chi connectivity index (χ4v) is 5.82. The highest BCUT2D eigenvalue weighted by molar-refractivity contribution is 8.14. The van der Waals surface area contributed by atoms with Crippen molar-refractivity contribution in [3.8, 4) is 0 Å². The topological polar surface area (TPSA) is 58.5 Å². The molecule has 0 unspecified atom stereocenters. The lowest BCUT2D eigenvalue weighted by Gasteiger charge is -2.23. The molecule has 2 heterocycles. The molecular weight excluding hydrogens is 268 g/mol. The van der Waals surface area contributed by atoms with E-state index < -0.39 is 9.84 Å². The largest absolute Gasteiger partial charge is 0.359 e. The van der Waals surface area contributed by atoms with Gasteiger partial charge in [0.2, 0.25) is 0 Å². The van der Waals surface area contributed by atoms with E-state index in [0.717, 1.165) is 10.9 Å². The van der Waals surface area contributed by atoms with Gasteiger partial charge in [-0.15, -0.1) is 0 Å². The molecule has 1 N–H and O–H groups in total. The molecule has 0 aromatic carbocycles. The van der Waals surface area contributed by atoms with Crippen molar-refractivity contribution in [1.82, 2.24) is 5.32 Å². The van der Waals surface area contributed by atoms with Gasteiger partial charge >= 0.3 is 0 Å². The van der Waals surface area contributed by atoms with Crippen LogP contribution in [0.4, 0.5) is 0 Å². The second kappa shape index (κ2) is 4.71. The summed E-state index contributed by atoms with van der Waals surface area (Å²) in [5.41, 5.74) is 0.310. The van der Waals surface area contributed by atoms with Gasteiger partial charge in [0.05, 0.1) is 17.5 Å². The summed E-state index contributed by atoms with van der Waals surface area (Å²) in [7, 11) is -2.77. The van der Waals surface area contributed by atoms with Crippen LogP contribution in [0.3, 0.4) is 0 Å². The summed E-state index contributed by atoms with van der Waals surface area (Å²) in [5.74, 6) is 1.76. The van der Waals surface area contributed by atoms with Gasteiger partial charge in [0.1, 0.15) is 9.84 Å². The first kappa shape index (κ1) is 12.8. The average Bonchev–Trinajstić information content (AvgIpc) is 2.93. The minimum Gasteiger partial charge on any atom is -0.359 e. The van der Waals surface area contributed by atoms with Crippen LogP contribution in [0.2, 0.25) is 0 Å². The Morgan fingerprint density at radius 1 is 1.22 bits per heavy atom. The van der Waals surface area contributed by atoms with Crippen molar-refractivity contribution in [2.75, 3.05) is 17.3 Å². The standard InChI is InChI=1S/C12H20N2O2S2/c15-18(16)7-3-10(4-8-18)13-11-14-12(9-17-11)5-1-2-6-12/h10H,1-9H2,(H,13,14). The highest BCUT2D eigenvalue weighted by Gasteiger charge is 2.39. The van der Waals surface area contributed by atoms with Gasteiger partial charge in [-0.3, -0.25) is 4.99 Å². The molecule has 3 aliphatic rings. The summed E-state index contributed by atoms with van der Waals surface area (Å²) in [6.07, 6.45) is 6.56. The van der Waals surface area contributed by atoms with Gasteiger partial charge in [0.15, 0.2) is 5.17 Å². The Bertz CT molecular complexity index is 439. The maximum atomic E-state index is 11.4. The van der Waals surface area contributed by atoms with E-state index in [9.17, 15) is 8.42 Å². The van der Waals surface area contributed by atoms with Crippen LogP contribution in [0.25, 0.3) is 0 Å². The van der Waals surface area contributed by atoms with Crippen molar-refractivity contribution < 1.29 is 8.42 Å². The fraction of sp³-hybridized carbons (Fsp3) is 0.917. The molecule has 0 aromatic rings. The summed E-state index contributed by atoms with van der Waals surface area (Å²) in [6.45, 7) is 0. The molecular formula is C12H20N2O2S2. The van der Waals surface area contributed by atoms with E-state index in [-0.39, 0.29) is 6.04 Å². The van der Waals surface area contributed by atoms with Crippen molar-refractivity contribution in [2.24, 2.45) is 4.99 Å². The zero-order valence-corrected chi connectivity index (χ0v) is 12.2. The van der Waals surface area contributed by atoms with Crippen LogP contribution in [0.1, 0.15) is 38.5 Å². The molecule has 2 saturated heterocycles. The molecule has 4 nitrogen and oxygen atoms in total. The Morgan fingerprint density at radius 3 is 2.56 bits per heavy atom. The van der Waals surface area contributed by atoms with E-state index >= 15 is 0 Å². The molecule has 1 spiro atoms. The molecule has 18 heavy (non-hydrogen) atoms. The van der Waals surface area contributed by atoms with Gasteiger partial charge in [-0.1, -0.05) is 24.6 Å². The number of sulfone groups is 1. The van der Waals surface area contributed by atoms with Gasteiger partial charge < -0.3 is 5.32 Å². The smallest absolute Gasteiger partial charge is 0.157 e. The molecule has 1 aliphatic carbocycles. The van der Waals surface area contributed by atoms with Crippen molar-refractivity contribution in [2.45, 2.75) is 50.1 Å². The van der Waals surface area contributed by atoms with Gasteiger partial charge in [-0.25, -0.2) is 8.42 Å². The number of aliphatic imine (C=N–C) groups is 1. The van der Waals surface area contributed by atoms with Crippen molar-refractivity contribution in [3.05, 3.63) is 0 Å². The lowest BCUT2D eigenvalue weighted by Crippen LogP contribution is -2.41. The first-order chi connectivity index (χ1) is 8.57. The molecule has 3 fully saturated rings. The Morgan fingerprint density at radius 2 is 1.89 bits per heavy atom. The molecule has 0 atom stereocenters. The normalized spacial score (nSPS) is 33.0. The van der Waals surface area contributed by atoms with Crippen LogP contribution in [0, 0.1) is 0 Å². The Labute approximate surface area is 113 Å². The predicted molar refractivity (Wildman–Crippen MR) is 75.9 cm³/mol. The van der Waals surface area contributed by atoms with E-state index in [1.54, 1.807) is 0 Å². The molecule has 6 heteroatoms. The van der Waals surface area contributed by atoms with E-state index in [4.69, 9.17) is 4.99 Å². The number of nitrogens with one attached hydrogen (secondary N) is 1. The Hall–Kier alpha value is -0.230. The number of hydrogen-bond donors (Lipinski definition) is 1. The Balaban J connectivity index is 1.61. The molecule has 0 aromatic heterocycles. The highest BCUT2D eigenvalue weighted by atomic mass is 32.2. The van der Waals surface area contributed by atoms with Gasteiger partial charge in [-0.2, -0.15) is 0 Å². The maximum Gasteiger partial charge on any atom is 0.157 e. The second-order valence-corrected chi connectivity index (χ2v) is 8.99.